The zero-order chi connectivity index (χ0) is 14.1. The maximum atomic E-state index is 11.4. The normalized spacial score (nSPS) is 11.9. The molecule has 0 aliphatic carbocycles. The zero-order valence-corrected chi connectivity index (χ0v) is 12.0. The number of benzene rings is 1. The number of nitrogens with one attached hydrogen (secondary N) is 2. The highest BCUT2D eigenvalue weighted by atomic mass is 16.5. The molecular formula is C15H24N2O2. The average Bonchev–Trinajstić information content (AvgIpc) is 2.42. The lowest BCUT2D eigenvalue weighted by Crippen LogP contribution is -2.40. The third kappa shape index (κ3) is 6.82. The molecule has 4 nitrogen and oxygen atoms in total. The fourth-order valence-corrected chi connectivity index (χ4v) is 1.51. The highest BCUT2D eigenvalue weighted by molar-refractivity contribution is 5.77. The molecule has 0 saturated heterocycles. The number of hydrogen-bond acceptors (Lipinski definition) is 3. The standard InChI is InChI=1S/C15H24N2O2/c1-4-9-16-15(18)10-17-13(3)11-19-14-7-5-12(2)6-8-14/h5-8,13,17H,4,9-11H2,1-3H3,(H,16,18). The Balaban J connectivity index is 2.19. The highest BCUT2D eigenvalue weighted by Gasteiger charge is 2.05. The third-order valence-electron chi connectivity index (χ3n) is 2.70. The molecule has 4 heteroatoms. The first kappa shape index (κ1) is 15.5. The first-order valence-corrected chi connectivity index (χ1v) is 6.81. The summed E-state index contributed by atoms with van der Waals surface area (Å²) in [5.41, 5.74) is 1.21. The lowest BCUT2D eigenvalue weighted by Gasteiger charge is -2.15. The lowest BCUT2D eigenvalue weighted by atomic mass is 10.2. The Kier molecular flexibility index (Phi) is 6.97. The van der Waals surface area contributed by atoms with E-state index >= 15 is 0 Å². The molecule has 0 bridgehead atoms. The van der Waals surface area contributed by atoms with Crippen molar-refractivity contribution < 1.29 is 9.53 Å². The Bertz CT molecular complexity index is 376. The van der Waals surface area contributed by atoms with E-state index in [9.17, 15) is 4.79 Å². The summed E-state index contributed by atoms with van der Waals surface area (Å²) in [7, 11) is 0. The van der Waals surface area contributed by atoms with E-state index in [1.165, 1.54) is 5.56 Å². The second kappa shape index (κ2) is 8.53. The van der Waals surface area contributed by atoms with Gasteiger partial charge in [0.25, 0.3) is 0 Å². The van der Waals surface area contributed by atoms with Crippen LogP contribution in [-0.2, 0) is 4.79 Å². The molecule has 0 saturated carbocycles. The van der Waals surface area contributed by atoms with Gasteiger partial charge < -0.3 is 15.4 Å². The molecule has 1 atom stereocenters. The van der Waals surface area contributed by atoms with Crippen LogP contribution < -0.4 is 15.4 Å². The maximum absolute atomic E-state index is 11.4. The van der Waals surface area contributed by atoms with Crippen LogP contribution in [-0.4, -0.2) is 31.6 Å². The Hall–Kier alpha value is -1.55. The van der Waals surface area contributed by atoms with Gasteiger partial charge in [-0.2, -0.15) is 0 Å². The number of carbonyl (C=O) groups excluding carboxylic acids is 1. The highest BCUT2D eigenvalue weighted by Crippen LogP contribution is 2.11. The second-order valence-corrected chi connectivity index (χ2v) is 4.76. The molecule has 1 rings (SSSR count). The van der Waals surface area contributed by atoms with Gasteiger partial charge in [-0.25, -0.2) is 0 Å². The fourth-order valence-electron chi connectivity index (χ4n) is 1.51. The van der Waals surface area contributed by atoms with Gasteiger partial charge in [0.15, 0.2) is 0 Å². The first-order valence-electron chi connectivity index (χ1n) is 6.81. The van der Waals surface area contributed by atoms with Crippen LogP contribution in [0, 0.1) is 6.92 Å². The topological polar surface area (TPSA) is 50.4 Å². The van der Waals surface area contributed by atoms with E-state index in [0.717, 1.165) is 18.7 Å². The van der Waals surface area contributed by atoms with Gasteiger partial charge in [0.05, 0.1) is 6.54 Å². The van der Waals surface area contributed by atoms with Gasteiger partial charge in [0, 0.05) is 12.6 Å². The van der Waals surface area contributed by atoms with Crippen molar-refractivity contribution in [3.05, 3.63) is 29.8 Å². The Morgan fingerprint density at radius 2 is 2.00 bits per heavy atom. The summed E-state index contributed by atoms with van der Waals surface area (Å²) < 4.78 is 5.64. The van der Waals surface area contributed by atoms with Crippen LogP contribution in [0.4, 0.5) is 0 Å². The van der Waals surface area contributed by atoms with Crippen LogP contribution in [0.3, 0.4) is 0 Å². The molecule has 2 N–H and O–H groups in total. The summed E-state index contributed by atoms with van der Waals surface area (Å²) in [6.07, 6.45) is 0.956. The summed E-state index contributed by atoms with van der Waals surface area (Å²) >= 11 is 0. The van der Waals surface area contributed by atoms with Crippen molar-refractivity contribution in [2.75, 3.05) is 19.7 Å². The number of ether oxygens (including phenoxy) is 1. The van der Waals surface area contributed by atoms with E-state index in [1.54, 1.807) is 0 Å². The number of carbonyl (C=O) groups is 1. The van der Waals surface area contributed by atoms with Crippen molar-refractivity contribution in [1.82, 2.24) is 10.6 Å². The molecule has 1 aromatic rings. The third-order valence-corrected chi connectivity index (χ3v) is 2.70. The molecule has 19 heavy (non-hydrogen) atoms. The van der Waals surface area contributed by atoms with Crippen molar-refractivity contribution >= 4 is 5.91 Å². The van der Waals surface area contributed by atoms with Crippen molar-refractivity contribution in [3.63, 3.8) is 0 Å². The predicted molar refractivity (Wildman–Crippen MR) is 77.4 cm³/mol. The quantitative estimate of drug-likeness (QED) is 0.753. The second-order valence-electron chi connectivity index (χ2n) is 4.76. The molecule has 0 aliphatic rings. The van der Waals surface area contributed by atoms with Crippen LogP contribution in [0.5, 0.6) is 5.75 Å². The Morgan fingerprint density at radius 3 is 2.63 bits per heavy atom. The number of hydrogen-bond donors (Lipinski definition) is 2. The van der Waals surface area contributed by atoms with Gasteiger partial charge in [-0.15, -0.1) is 0 Å². The smallest absolute Gasteiger partial charge is 0.233 e. The van der Waals surface area contributed by atoms with Gasteiger partial charge >= 0.3 is 0 Å². The molecule has 0 aliphatic heterocycles. The number of aryl methyl sites for hydroxylation is 1. The molecule has 0 aromatic heterocycles. The Labute approximate surface area is 115 Å². The van der Waals surface area contributed by atoms with E-state index in [2.05, 4.69) is 10.6 Å². The monoisotopic (exact) mass is 264 g/mol. The molecule has 1 amide bonds. The summed E-state index contributed by atoms with van der Waals surface area (Å²) in [4.78, 5) is 11.4. The average molecular weight is 264 g/mol. The number of amides is 1. The molecule has 1 aromatic carbocycles. The minimum atomic E-state index is 0.0315. The molecular weight excluding hydrogens is 240 g/mol. The molecule has 1 unspecified atom stereocenters. The Morgan fingerprint density at radius 1 is 1.32 bits per heavy atom. The van der Waals surface area contributed by atoms with Crippen LogP contribution in [0.2, 0.25) is 0 Å². The molecule has 0 heterocycles. The summed E-state index contributed by atoms with van der Waals surface area (Å²) in [5.74, 6) is 0.888. The predicted octanol–water partition coefficient (Wildman–Crippen LogP) is 1.88. The van der Waals surface area contributed by atoms with Crippen LogP contribution in [0.25, 0.3) is 0 Å². The zero-order valence-electron chi connectivity index (χ0n) is 12.0. The van der Waals surface area contributed by atoms with E-state index < -0.39 is 0 Å². The van der Waals surface area contributed by atoms with Crippen LogP contribution in [0.1, 0.15) is 25.8 Å². The molecule has 0 fully saturated rings. The van der Waals surface area contributed by atoms with E-state index in [-0.39, 0.29) is 11.9 Å². The van der Waals surface area contributed by atoms with Crippen molar-refractivity contribution in [2.24, 2.45) is 0 Å². The van der Waals surface area contributed by atoms with Gasteiger partial charge in [0.1, 0.15) is 12.4 Å². The van der Waals surface area contributed by atoms with Crippen LogP contribution in [0.15, 0.2) is 24.3 Å². The molecule has 0 spiro atoms. The number of rotatable bonds is 8. The van der Waals surface area contributed by atoms with Crippen molar-refractivity contribution in [2.45, 2.75) is 33.2 Å². The van der Waals surface area contributed by atoms with E-state index in [0.29, 0.717) is 13.2 Å². The summed E-state index contributed by atoms with van der Waals surface area (Å²) in [6.45, 7) is 7.69. The van der Waals surface area contributed by atoms with Gasteiger partial charge in [-0.3, -0.25) is 4.79 Å². The van der Waals surface area contributed by atoms with Crippen LogP contribution >= 0.6 is 0 Å². The van der Waals surface area contributed by atoms with Crippen molar-refractivity contribution in [3.8, 4) is 5.75 Å². The summed E-state index contributed by atoms with van der Waals surface area (Å²) in [5, 5.41) is 5.96. The minimum absolute atomic E-state index is 0.0315. The van der Waals surface area contributed by atoms with Gasteiger partial charge in [0.2, 0.25) is 5.91 Å². The summed E-state index contributed by atoms with van der Waals surface area (Å²) in [6, 6.07) is 8.08. The fraction of sp³-hybridized carbons (Fsp3) is 0.533. The van der Waals surface area contributed by atoms with Gasteiger partial charge in [-0.1, -0.05) is 24.6 Å². The van der Waals surface area contributed by atoms with E-state index in [4.69, 9.17) is 4.74 Å². The molecule has 106 valence electrons. The molecule has 0 radical (unpaired) electrons. The lowest BCUT2D eigenvalue weighted by molar-refractivity contribution is -0.120. The van der Waals surface area contributed by atoms with Gasteiger partial charge in [-0.05, 0) is 32.4 Å². The largest absolute Gasteiger partial charge is 0.492 e. The SMILES string of the molecule is CCCNC(=O)CNC(C)COc1ccc(C)cc1. The maximum Gasteiger partial charge on any atom is 0.233 e. The van der Waals surface area contributed by atoms with Crippen molar-refractivity contribution in [1.29, 1.82) is 0 Å². The minimum Gasteiger partial charge on any atom is -0.492 e. The van der Waals surface area contributed by atoms with E-state index in [1.807, 2.05) is 45.0 Å². The first-order chi connectivity index (χ1) is 9.11.